The van der Waals surface area contributed by atoms with Crippen molar-refractivity contribution in [1.29, 1.82) is 0 Å². The van der Waals surface area contributed by atoms with Gasteiger partial charge in [0.05, 0.1) is 15.6 Å². The molecule has 19 heavy (non-hydrogen) atoms. The molecule has 0 heterocycles. The SMILES string of the molecule is Oc1cc(Br)c(OCCc2ccc(Br)cc2)c(Br)c1. The molecule has 1 N–H and O–H groups in total. The largest absolute Gasteiger partial charge is 0.508 e. The summed E-state index contributed by atoms with van der Waals surface area (Å²) in [6.45, 7) is 0.573. The summed E-state index contributed by atoms with van der Waals surface area (Å²) in [7, 11) is 0. The van der Waals surface area contributed by atoms with Crippen LogP contribution in [0.2, 0.25) is 0 Å². The number of hydrogen-bond donors (Lipinski definition) is 1. The molecule has 0 fully saturated rings. The lowest BCUT2D eigenvalue weighted by Crippen LogP contribution is -2.02. The van der Waals surface area contributed by atoms with E-state index in [2.05, 4.69) is 59.9 Å². The molecule has 0 saturated heterocycles. The highest BCUT2D eigenvalue weighted by atomic mass is 79.9. The summed E-state index contributed by atoms with van der Waals surface area (Å²) in [6.07, 6.45) is 0.826. The second-order valence-corrected chi connectivity index (χ2v) is 6.59. The second-order valence-electron chi connectivity index (χ2n) is 3.96. The summed E-state index contributed by atoms with van der Waals surface area (Å²) in [6, 6.07) is 11.4. The number of benzene rings is 2. The smallest absolute Gasteiger partial charge is 0.147 e. The minimum atomic E-state index is 0.194. The molecule has 0 saturated carbocycles. The van der Waals surface area contributed by atoms with Crippen LogP contribution in [-0.4, -0.2) is 11.7 Å². The Labute approximate surface area is 137 Å². The predicted molar refractivity (Wildman–Crippen MR) is 86.8 cm³/mol. The molecule has 0 aliphatic heterocycles. The zero-order valence-electron chi connectivity index (χ0n) is 9.87. The minimum Gasteiger partial charge on any atom is -0.508 e. The highest BCUT2D eigenvalue weighted by Gasteiger charge is 2.08. The van der Waals surface area contributed by atoms with Crippen LogP contribution in [-0.2, 0) is 6.42 Å². The van der Waals surface area contributed by atoms with E-state index >= 15 is 0 Å². The van der Waals surface area contributed by atoms with Crippen molar-refractivity contribution in [2.45, 2.75) is 6.42 Å². The summed E-state index contributed by atoms with van der Waals surface area (Å²) in [5.41, 5.74) is 1.22. The molecule has 0 unspecified atom stereocenters. The quantitative estimate of drug-likeness (QED) is 0.684. The zero-order valence-corrected chi connectivity index (χ0v) is 14.6. The van der Waals surface area contributed by atoms with Gasteiger partial charge in [-0.2, -0.15) is 0 Å². The fourth-order valence-electron chi connectivity index (χ4n) is 1.61. The van der Waals surface area contributed by atoms with Crippen molar-refractivity contribution in [3.8, 4) is 11.5 Å². The van der Waals surface area contributed by atoms with Gasteiger partial charge in [0.25, 0.3) is 0 Å². The van der Waals surface area contributed by atoms with Gasteiger partial charge in [-0.15, -0.1) is 0 Å². The van der Waals surface area contributed by atoms with Crippen molar-refractivity contribution in [1.82, 2.24) is 0 Å². The maximum Gasteiger partial charge on any atom is 0.147 e. The molecule has 5 heteroatoms. The van der Waals surface area contributed by atoms with E-state index < -0.39 is 0 Å². The van der Waals surface area contributed by atoms with Crippen LogP contribution in [0.5, 0.6) is 11.5 Å². The van der Waals surface area contributed by atoms with Crippen molar-refractivity contribution in [3.63, 3.8) is 0 Å². The Kier molecular flexibility index (Phi) is 5.30. The van der Waals surface area contributed by atoms with Gasteiger partial charge in [-0.3, -0.25) is 0 Å². The van der Waals surface area contributed by atoms with E-state index in [0.29, 0.717) is 12.4 Å². The van der Waals surface area contributed by atoms with E-state index in [0.717, 1.165) is 19.8 Å². The van der Waals surface area contributed by atoms with Crippen LogP contribution in [0.25, 0.3) is 0 Å². The summed E-state index contributed by atoms with van der Waals surface area (Å²) in [5.74, 6) is 0.897. The van der Waals surface area contributed by atoms with Crippen LogP contribution < -0.4 is 4.74 Å². The lowest BCUT2D eigenvalue weighted by Gasteiger charge is -2.11. The van der Waals surface area contributed by atoms with Crippen LogP contribution in [0, 0.1) is 0 Å². The van der Waals surface area contributed by atoms with E-state index in [9.17, 15) is 5.11 Å². The van der Waals surface area contributed by atoms with Gasteiger partial charge in [0.1, 0.15) is 11.5 Å². The van der Waals surface area contributed by atoms with Crippen molar-refractivity contribution >= 4 is 47.8 Å². The zero-order chi connectivity index (χ0) is 13.8. The number of phenols is 1. The molecule has 0 aliphatic rings. The van der Waals surface area contributed by atoms with Crippen LogP contribution in [0.1, 0.15) is 5.56 Å². The van der Waals surface area contributed by atoms with E-state index in [1.807, 2.05) is 12.1 Å². The maximum absolute atomic E-state index is 9.43. The molecule has 2 aromatic rings. The number of halogens is 3. The first-order chi connectivity index (χ1) is 9.06. The van der Waals surface area contributed by atoms with E-state index in [4.69, 9.17) is 4.74 Å². The first-order valence-electron chi connectivity index (χ1n) is 5.61. The predicted octanol–water partition coefficient (Wildman–Crippen LogP) is 5.30. The van der Waals surface area contributed by atoms with Crippen LogP contribution >= 0.6 is 47.8 Å². The fraction of sp³-hybridized carbons (Fsp3) is 0.143. The Bertz CT molecular complexity index is 544. The molecule has 0 aliphatic carbocycles. The fourth-order valence-corrected chi connectivity index (χ4v) is 3.26. The minimum absolute atomic E-state index is 0.194. The maximum atomic E-state index is 9.43. The molecule has 2 aromatic carbocycles. The first kappa shape index (κ1) is 14.9. The molecule has 2 rings (SSSR count). The van der Waals surface area contributed by atoms with Crippen LogP contribution in [0.4, 0.5) is 0 Å². The van der Waals surface area contributed by atoms with Crippen molar-refractivity contribution in [2.24, 2.45) is 0 Å². The van der Waals surface area contributed by atoms with Crippen molar-refractivity contribution in [3.05, 3.63) is 55.4 Å². The van der Waals surface area contributed by atoms with Gasteiger partial charge in [-0.25, -0.2) is 0 Å². The van der Waals surface area contributed by atoms with Gasteiger partial charge in [0.15, 0.2) is 0 Å². The van der Waals surface area contributed by atoms with Crippen molar-refractivity contribution < 1.29 is 9.84 Å². The molecule has 2 nitrogen and oxygen atoms in total. The lowest BCUT2D eigenvalue weighted by atomic mass is 10.2. The molecule has 0 amide bonds. The van der Waals surface area contributed by atoms with Crippen LogP contribution in [0.15, 0.2) is 49.8 Å². The number of hydrogen-bond acceptors (Lipinski definition) is 2. The number of phenolic OH excluding ortho intramolecular Hbond substituents is 1. The monoisotopic (exact) mass is 448 g/mol. The average Bonchev–Trinajstić information content (AvgIpc) is 2.34. The van der Waals surface area contributed by atoms with Gasteiger partial charge in [-0.1, -0.05) is 28.1 Å². The highest BCUT2D eigenvalue weighted by Crippen LogP contribution is 2.36. The van der Waals surface area contributed by atoms with E-state index in [-0.39, 0.29) is 5.75 Å². The molecule has 0 aromatic heterocycles. The standard InChI is InChI=1S/C14H11Br3O2/c15-10-3-1-9(2-4-10)5-6-19-14-12(16)7-11(18)8-13(14)17/h1-4,7-8,18H,5-6H2. The lowest BCUT2D eigenvalue weighted by molar-refractivity contribution is 0.317. The van der Waals surface area contributed by atoms with Gasteiger partial charge < -0.3 is 9.84 Å². The molecule has 0 bridgehead atoms. The van der Waals surface area contributed by atoms with Crippen molar-refractivity contribution in [2.75, 3.05) is 6.61 Å². The summed E-state index contributed by atoms with van der Waals surface area (Å²) < 4.78 is 8.27. The molecule has 100 valence electrons. The number of aromatic hydroxyl groups is 1. The Morgan fingerprint density at radius 3 is 2.11 bits per heavy atom. The third-order valence-corrected chi connectivity index (χ3v) is 4.24. The van der Waals surface area contributed by atoms with Gasteiger partial charge in [-0.05, 0) is 61.7 Å². The molecule has 0 spiro atoms. The molecular weight excluding hydrogens is 440 g/mol. The summed E-state index contributed by atoms with van der Waals surface area (Å²) >= 11 is 10.2. The molecular formula is C14H11Br3O2. The Balaban J connectivity index is 1.98. The third-order valence-electron chi connectivity index (χ3n) is 2.53. The average molecular weight is 451 g/mol. The van der Waals surface area contributed by atoms with E-state index in [1.54, 1.807) is 12.1 Å². The molecule has 0 radical (unpaired) electrons. The number of rotatable bonds is 4. The topological polar surface area (TPSA) is 29.5 Å². The van der Waals surface area contributed by atoms with Crippen LogP contribution in [0.3, 0.4) is 0 Å². The number of ether oxygens (including phenoxy) is 1. The first-order valence-corrected chi connectivity index (χ1v) is 7.99. The third kappa shape index (κ3) is 4.23. The summed E-state index contributed by atoms with van der Waals surface area (Å²) in [4.78, 5) is 0. The summed E-state index contributed by atoms with van der Waals surface area (Å²) in [5, 5.41) is 9.43. The molecule has 0 atom stereocenters. The highest BCUT2D eigenvalue weighted by molar-refractivity contribution is 9.11. The Hall–Kier alpha value is -0.520. The van der Waals surface area contributed by atoms with Gasteiger partial charge in [0.2, 0.25) is 0 Å². The van der Waals surface area contributed by atoms with E-state index in [1.165, 1.54) is 5.56 Å². The normalized spacial score (nSPS) is 10.5. The second kappa shape index (κ2) is 6.77. The Morgan fingerprint density at radius 2 is 1.53 bits per heavy atom. The van der Waals surface area contributed by atoms with Gasteiger partial charge >= 0.3 is 0 Å². The van der Waals surface area contributed by atoms with Gasteiger partial charge in [0, 0.05) is 10.9 Å². The Morgan fingerprint density at radius 1 is 0.947 bits per heavy atom.